The number of aliphatic hydroxyl groups excluding tert-OH is 1. The van der Waals surface area contributed by atoms with Crippen LogP contribution >= 0.6 is 22.7 Å². The van der Waals surface area contributed by atoms with Gasteiger partial charge in [-0.3, -0.25) is 29.3 Å². The number of hydrogen-bond acceptors (Lipinski definition) is 12. The van der Waals surface area contributed by atoms with Crippen LogP contribution in [0.3, 0.4) is 0 Å². The van der Waals surface area contributed by atoms with E-state index < -0.39 is 47.7 Å². The first-order valence-electron chi connectivity index (χ1n) is 21.9. The molecule has 3 aromatic carbocycles. The van der Waals surface area contributed by atoms with Gasteiger partial charge in [0.25, 0.3) is 5.91 Å². The van der Waals surface area contributed by atoms with Crippen molar-refractivity contribution in [2.45, 2.75) is 92.2 Å². The highest BCUT2D eigenvalue weighted by Gasteiger charge is 2.45. The lowest BCUT2D eigenvalue weighted by atomic mass is 9.85. The second-order valence-corrected chi connectivity index (χ2v) is 20.1. The molecule has 1 fully saturated rings. The Morgan fingerprint density at radius 1 is 0.881 bits per heavy atom. The van der Waals surface area contributed by atoms with Gasteiger partial charge in [0.05, 0.1) is 33.9 Å². The number of nitrogens with one attached hydrogen (secondary N) is 3. The average Bonchev–Trinajstić information content (AvgIpc) is 4.06. The first-order chi connectivity index (χ1) is 31.9. The van der Waals surface area contributed by atoms with Crippen molar-refractivity contribution in [2.75, 3.05) is 13.2 Å². The topological polar surface area (TPSA) is 213 Å². The second-order valence-electron chi connectivity index (χ2n) is 18.0. The van der Waals surface area contributed by atoms with Gasteiger partial charge in [0.1, 0.15) is 28.7 Å². The molecule has 5 N–H and O–H groups in total. The minimum absolute atomic E-state index is 0.0407. The van der Waals surface area contributed by atoms with E-state index >= 15 is 0 Å². The molecule has 2 aliphatic heterocycles. The summed E-state index contributed by atoms with van der Waals surface area (Å²) in [5, 5.41) is 38.2. The maximum absolute atomic E-state index is 14.2. The number of carbonyl (C=O) groups is 4. The monoisotopic (exact) mass is 943 g/mol. The lowest BCUT2D eigenvalue weighted by Gasteiger charge is -2.35. The SMILES string of the molecule is Cc1ncsc1-c1ccc([C@H](C)NC(=O)[C@@H]2C[C@@H](O)CN2C(=O)[C@@H](NC(=O)COc2ccc(-c3ccc(C4=N[C@@H](NC(=O)O)c5nnc(C)n5-c5sc(C)c(C)c54)cc3)cc2)C(C)(C)C)cc1. The summed E-state index contributed by atoms with van der Waals surface area (Å²) in [5.74, 6) is 0.0908. The van der Waals surface area contributed by atoms with Gasteiger partial charge in [0, 0.05) is 29.0 Å². The summed E-state index contributed by atoms with van der Waals surface area (Å²) in [5.41, 5.74) is 9.12. The number of carboxylic acid groups (broad SMARTS) is 1. The summed E-state index contributed by atoms with van der Waals surface area (Å²) in [6, 6.07) is 20.7. The molecule has 0 spiro atoms. The first kappa shape index (κ1) is 46.8. The molecule has 0 unspecified atom stereocenters. The lowest BCUT2D eigenvalue weighted by Crippen LogP contribution is -2.58. The van der Waals surface area contributed by atoms with Crippen molar-refractivity contribution in [1.82, 2.24) is 40.6 Å². The highest BCUT2D eigenvalue weighted by molar-refractivity contribution is 7.15. The highest BCUT2D eigenvalue weighted by atomic mass is 32.1. The number of benzene rings is 3. The number of aromatic nitrogens is 4. The number of aliphatic hydroxyl groups is 1. The van der Waals surface area contributed by atoms with E-state index in [4.69, 9.17) is 9.73 Å². The largest absolute Gasteiger partial charge is 0.484 e. The quantitative estimate of drug-likeness (QED) is 0.0831. The Kier molecular flexibility index (Phi) is 13.2. The normalized spacial score (nSPS) is 17.7. The molecule has 0 saturated carbocycles. The summed E-state index contributed by atoms with van der Waals surface area (Å²) in [7, 11) is 0. The third-order valence-corrected chi connectivity index (χ3v) is 14.4. The Balaban J connectivity index is 0.902. The zero-order valence-electron chi connectivity index (χ0n) is 38.4. The number of likely N-dealkylation sites (tertiary alicyclic amines) is 1. The van der Waals surface area contributed by atoms with E-state index in [9.17, 15) is 29.4 Å². The van der Waals surface area contributed by atoms with Crippen LogP contribution in [0.1, 0.15) is 90.8 Å². The van der Waals surface area contributed by atoms with E-state index in [1.54, 1.807) is 34.8 Å². The van der Waals surface area contributed by atoms with Gasteiger partial charge in [-0.2, -0.15) is 0 Å². The minimum atomic E-state index is -1.23. The van der Waals surface area contributed by atoms with Crippen LogP contribution in [-0.2, 0) is 14.4 Å². The summed E-state index contributed by atoms with van der Waals surface area (Å²) in [6.07, 6.45) is -3.03. The number of aryl methyl sites for hydroxylation is 3. The van der Waals surface area contributed by atoms with E-state index in [-0.39, 0.29) is 31.5 Å². The maximum atomic E-state index is 14.2. The maximum Gasteiger partial charge on any atom is 0.406 e. The molecule has 5 heterocycles. The highest BCUT2D eigenvalue weighted by Crippen LogP contribution is 2.39. The van der Waals surface area contributed by atoms with Gasteiger partial charge in [-0.1, -0.05) is 81.4 Å². The summed E-state index contributed by atoms with van der Waals surface area (Å²) < 4.78 is 7.75. The predicted molar refractivity (Wildman–Crippen MR) is 257 cm³/mol. The number of fused-ring (bicyclic) bond motifs is 3. The molecule has 67 heavy (non-hydrogen) atoms. The number of thiophene rings is 1. The summed E-state index contributed by atoms with van der Waals surface area (Å²) >= 11 is 3.15. The van der Waals surface area contributed by atoms with Crippen molar-refractivity contribution in [1.29, 1.82) is 0 Å². The van der Waals surface area contributed by atoms with Gasteiger partial charge in [-0.15, -0.1) is 32.9 Å². The van der Waals surface area contributed by atoms with Crippen LogP contribution in [0.4, 0.5) is 4.79 Å². The van der Waals surface area contributed by atoms with Crippen molar-refractivity contribution >= 4 is 52.2 Å². The molecule has 2 aliphatic rings. The molecule has 3 aromatic heterocycles. The van der Waals surface area contributed by atoms with Crippen LogP contribution in [0.5, 0.6) is 5.75 Å². The van der Waals surface area contributed by atoms with Gasteiger partial charge in [0.15, 0.2) is 18.6 Å². The zero-order valence-corrected chi connectivity index (χ0v) is 40.1. The van der Waals surface area contributed by atoms with Crippen LogP contribution in [0.15, 0.2) is 83.3 Å². The third-order valence-electron chi connectivity index (χ3n) is 12.2. The molecule has 6 aromatic rings. The van der Waals surface area contributed by atoms with E-state index in [0.29, 0.717) is 23.1 Å². The number of nitrogens with zero attached hydrogens (tertiary/aromatic N) is 6. The molecule has 1 saturated heterocycles. The summed E-state index contributed by atoms with van der Waals surface area (Å²) in [6.45, 7) is 14.8. The Labute approximate surface area is 396 Å². The second kappa shape index (κ2) is 18.9. The molecule has 16 nitrogen and oxygen atoms in total. The molecule has 0 bridgehead atoms. The fourth-order valence-electron chi connectivity index (χ4n) is 8.47. The lowest BCUT2D eigenvalue weighted by molar-refractivity contribution is -0.144. The van der Waals surface area contributed by atoms with Crippen molar-refractivity contribution in [3.8, 4) is 32.3 Å². The van der Waals surface area contributed by atoms with Crippen molar-refractivity contribution < 1.29 is 34.1 Å². The van der Waals surface area contributed by atoms with Gasteiger partial charge < -0.3 is 30.5 Å². The molecular formula is C49H53N9O7S2. The molecule has 8 rings (SSSR count). The Morgan fingerprint density at radius 2 is 1.52 bits per heavy atom. The van der Waals surface area contributed by atoms with Crippen molar-refractivity contribution in [3.63, 3.8) is 0 Å². The Bertz CT molecular complexity index is 2860. The van der Waals surface area contributed by atoms with E-state index in [2.05, 4.69) is 31.1 Å². The van der Waals surface area contributed by atoms with E-state index in [1.807, 2.05) is 126 Å². The number of aliphatic imine (C=N–C) groups is 1. The van der Waals surface area contributed by atoms with Crippen molar-refractivity contribution in [2.24, 2.45) is 10.4 Å². The molecular weight excluding hydrogens is 891 g/mol. The Morgan fingerprint density at radius 3 is 2.15 bits per heavy atom. The molecule has 0 radical (unpaired) electrons. The minimum Gasteiger partial charge on any atom is -0.484 e. The van der Waals surface area contributed by atoms with Crippen LogP contribution in [0.2, 0.25) is 0 Å². The number of hydrogen-bond donors (Lipinski definition) is 5. The summed E-state index contributed by atoms with van der Waals surface area (Å²) in [4.78, 5) is 66.0. The molecule has 348 valence electrons. The zero-order chi connectivity index (χ0) is 47.9. The van der Waals surface area contributed by atoms with Crippen molar-refractivity contribution in [3.05, 3.63) is 123 Å². The van der Waals surface area contributed by atoms with Crippen LogP contribution in [0.25, 0.3) is 26.6 Å². The smallest absolute Gasteiger partial charge is 0.406 e. The van der Waals surface area contributed by atoms with Gasteiger partial charge in [-0.25, -0.2) is 9.78 Å². The van der Waals surface area contributed by atoms with Crippen LogP contribution in [0, 0.1) is 33.1 Å². The number of carbonyl (C=O) groups excluding carboxylic acids is 3. The van der Waals surface area contributed by atoms with Crippen LogP contribution < -0.4 is 20.7 Å². The fraction of sp³-hybridized carbons (Fsp3) is 0.347. The van der Waals surface area contributed by atoms with Gasteiger partial charge in [0.2, 0.25) is 11.8 Å². The number of thiazole rings is 1. The fourth-order valence-corrected chi connectivity index (χ4v) is 10.5. The Hall–Kier alpha value is -6.76. The van der Waals surface area contributed by atoms with Crippen LogP contribution in [-0.4, -0.2) is 95.7 Å². The average molecular weight is 944 g/mol. The third kappa shape index (κ3) is 9.73. The van der Waals surface area contributed by atoms with E-state index in [1.165, 1.54) is 4.90 Å². The number of amides is 4. The van der Waals surface area contributed by atoms with Gasteiger partial charge >= 0.3 is 6.09 Å². The predicted octanol–water partition coefficient (Wildman–Crippen LogP) is 7.22. The number of ether oxygens (including phenoxy) is 1. The first-order valence-corrected chi connectivity index (χ1v) is 23.6. The molecule has 5 atom stereocenters. The number of rotatable bonds is 12. The molecule has 0 aliphatic carbocycles. The number of β-amino-alcohol motifs (C(OH)–C–C–N with tert-alkyl or cyclic N) is 1. The molecule has 4 amide bonds. The van der Waals surface area contributed by atoms with E-state index in [0.717, 1.165) is 59.4 Å². The van der Waals surface area contributed by atoms with Gasteiger partial charge in [-0.05, 0) is 80.0 Å². The molecule has 18 heteroatoms. The standard InChI is InChI=1S/C49H53N9O7S2/c1-25-28(4)67-47-39(25)40(53-43(54-48(63)64)44-56-55-29(5)58(44)47)33-13-11-31(12-14-33)32-17-19-36(20-18-32)65-23-38(60)52-42(49(6,7)8)46(62)57-22-35(59)21-37(57)45(61)51-26(2)30-9-15-34(16-10-30)41-27(3)50-24-66-41/h9-20,24,26,35,37,42-43,54,59H,21-23H2,1-8H3,(H,51,61)(H,52,60)(H,63,64)/t26-,35+,37-,42+,43-/m0/s1.